The molecule has 1 saturated heterocycles. The van der Waals surface area contributed by atoms with Crippen LogP contribution in [0, 0.1) is 5.92 Å². The number of carbonyl (C=O) groups excluding carboxylic acids is 2. The van der Waals surface area contributed by atoms with Gasteiger partial charge in [-0.2, -0.15) is 0 Å². The number of halogens is 1. The summed E-state index contributed by atoms with van der Waals surface area (Å²) in [5, 5.41) is 2.74. The van der Waals surface area contributed by atoms with Crippen LogP contribution in [0.25, 0.3) is 0 Å². The molecule has 2 amide bonds. The molecule has 152 valence electrons. The highest BCUT2D eigenvalue weighted by Gasteiger charge is 2.42. The van der Waals surface area contributed by atoms with Crippen molar-refractivity contribution in [2.75, 3.05) is 28.6 Å². The Bertz CT molecular complexity index is 1120. The molecule has 1 unspecified atom stereocenters. The summed E-state index contributed by atoms with van der Waals surface area (Å²) in [6.07, 6.45) is 0. The topological polar surface area (TPSA) is 102 Å². The van der Waals surface area contributed by atoms with Crippen molar-refractivity contribution in [3.63, 3.8) is 0 Å². The Morgan fingerprint density at radius 2 is 1.86 bits per heavy atom. The predicted octanol–water partition coefficient (Wildman–Crippen LogP) is 2.68. The van der Waals surface area contributed by atoms with Gasteiger partial charge in [-0.15, -0.1) is 0 Å². The molecular weight excluding hydrogens is 420 g/mol. The minimum Gasteiger partial charge on any atom is -0.486 e. The van der Waals surface area contributed by atoms with Crippen LogP contribution in [0.5, 0.6) is 11.5 Å². The number of nitrogens with one attached hydrogen (secondary N) is 1. The number of sulfonamides is 1. The van der Waals surface area contributed by atoms with Crippen LogP contribution in [-0.2, 0) is 14.8 Å². The molecule has 2 aromatic carbocycles. The lowest BCUT2D eigenvalue weighted by molar-refractivity contribution is -0.119. The molecule has 1 atom stereocenters. The normalized spacial score (nSPS) is 19.9. The molecule has 2 aliphatic heterocycles. The van der Waals surface area contributed by atoms with E-state index in [4.69, 9.17) is 21.1 Å². The number of carbonyl (C=O) groups is 2. The monoisotopic (exact) mass is 436 g/mol. The Hall–Kier alpha value is -2.78. The van der Waals surface area contributed by atoms with Gasteiger partial charge in [0, 0.05) is 11.8 Å². The van der Waals surface area contributed by atoms with Gasteiger partial charge in [-0.25, -0.2) is 12.7 Å². The maximum Gasteiger partial charge on any atom is 0.257 e. The molecule has 0 radical (unpaired) electrons. The maximum atomic E-state index is 12.6. The van der Waals surface area contributed by atoms with E-state index in [1.807, 2.05) is 0 Å². The van der Waals surface area contributed by atoms with E-state index in [0.717, 1.165) is 4.31 Å². The Morgan fingerprint density at radius 3 is 2.52 bits per heavy atom. The molecule has 0 spiro atoms. The largest absolute Gasteiger partial charge is 0.486 e. The zero-order valence-corrected chi connectivity index (χ0v) is 16.9. The Kier molecular flexibility index (Phi) is 4.87. The van der Waals surface area contributed by atoms with Crippen LogP contribution in [0.15, 0.2) is 36.4 Å². The lowest BCUT2D eigenvalue weighted by Gasteiger charge is -2.19. The van der Waals surface area contributed by atoms with Crippen molar-refractivity contribution < 1.29 is 27.5 Å². The van der Waals surface area contributed by atoms with Crippen molar-refractivity contribution in [2.45, 2.75) is 6.92 Å². The average molecular weight is 437 g/mol. The average Bonchev–Trinajstić information content (AvgIpc) is 2.88. The summed E-state index contributed by atoms with van der Waals surface area (Å²) in [7, 11) is -3.75. The molecule has 2 aliphatic rings. The zero-order chi connectivity index (χ0) is 20.8. The first-order valence-electron chi connectivity index (χ1n) is 8.83. The van der Waals surface area contributed by atoms with Gasteiger partial charge < -0.3 is 14.8 Å². The van der Waals surface area contributed by atoms with E-state index in [9.17, 15) is 18.0 Å². The van der Waals surface area contributed by atoms with E-state index >= 15 is 0 Å². The van der Waals surface area contributed by atoms with Gasteiger partial charge in [-0.1, -0.05) is 18.5 Å². The van der Waals surface area contributed by atoms with Crippen molar-refractivity contribution in [1.82, 2.24) is 0 Å². The first-order chi connectivity index (χ1) is 13.8. The summed E-state index contributed by atoms with van der Waals surface area (Å²) in [6, 6.07) is 9.08. The van der Waals surface area contributed by atoms with E-state index in [1.54, 1.807) is 25.1 Å². The van der Waals surface area contributed by atoms with Gasteiger partial charge >= 0.3 is 0 Å². The van der Waals surface area contributed by atoms with E-state index in [1.165, 1.54) is 18.2 Å². The molecule has 0 aliphatic carbocycles. The first kappa shape index (κ1) is 19.5. The SMILES string of the molecule is CC1CS(=O)(=O)N(c2ccc(C(=O)Nc3ccc4c(c3)OCCO4)c(Cl)c2)C1=O. The van der Waals surface area contributed by atoms with Crippen LogP contribution in [0.1, 0.15) is 17.3 Å². The van der Waals surface area contributed by atoms with Crippen molar-refractivity contribution in [1.29, 1.82) is 0 Å². The van der Waals surface area contributed by atoms with E-state index in [2.05, 4.69) is 5.32 Å². The molecule has 2 aromatic rings. The molecule has 1 fully saturated rings. The van der Waals surface area contributed by atoms with Gasteiger partial charge in [-0.05, 0) is 30.3 Å². The number of anilines is 2. The maximum absolute atomic E-state index is 12.6. The quantitative estimate of drug-likeness (QED) is 0.793. The molecule has 0 saturated carbocycles. The highest BCUT2D eigenvalue weighted by molar-refractivity contribution is 7.94. The summed E-state index contributed by atoms with van der Waals surface area (Å²) in [6.45, 7) is 2.44. The number of nitrogens with zero attached hydrogens (tertiary/aromatic N) is 1. The molecule has 0 aromatic heterocycles. The molecule has 0 bridgehead atoms. The van der Waals surface area contributed by atoms with Crippen LogP contribution in [0.2, 0.25) is 5.02 Å². The van der Waals surface area contributed by atoms with Gasteiger partial charge in [0.25, 0.3) is 5.91 Å². The summed E-state index contributed by atoms with van der Waals surface area (Å²) in [5.41, 5.74) is 0.744. The van der Waals surface area contributed by atoms with Crippen molar-refractivity contribution in [3.05, 3.63) is 47.0 Å². The number of hydrogen-bond acceptors (Lipinski definition) is 6. The molecule has 2 heterocycles. The summed E-state index contributed by atoms with van der Waals surface area (Å²) < 4.78 is 36.1. The van der Waals surface area contributed by atoms with E-state index in [-0.39, 0.29) is 22.0 Å². The van der Waals surface area contributed by atoms with Gasteiger partial charge in [0.1, 0.15) is 13.2 Å². The summed E-state index contributed by atoms with van der Waals surface area (Å²) >= 11 is 6.22. The molecule has 4 rings (SSSR count). The highest BCUT2D eigenvalue weighted by Crippen LogP contribution is 2.34. The fourth-order valence-corrected chi connectivity index (χ4v) is 5.29. The van der Waals surface area contributed by atoms with E-state index in [0.29, 0.717) is 30.4 Å². The van der Waals surface area contributed by atoms with Gasteiger partial charge in [0.15, 0.2) is 11.5 Å². The minimum absolute atomic E-state index is 0.0279. The standard InChI is InChI=1S/C19H17ClN2O6S/c1-11-10-29(25,26)22(19(11)24)13-3-4-14(15(20)9-13)18(23)21-12-2-5-16-17(8-12)28-7-6-27-16/h2-5,8-9,11H,6-7,10H2,1H3,(H,21,23). The smallest absolute Gasteiger partial charge is 0.257 e. The number of hydrogen-bond donors (Lipinski definition) is 1. The minimum atomic E-state index is -3.75. The number of rotatable bonds is 3. The summed E-state index contributed by atoms with van der Waals surface area (Å²) in [4.78, 5) is 24.8. The number of benzene rings is 2. The van der Waals surface area contributed by atoms with Gasteiger partial charge in [0.2, 0.25) is 15.9 Å². The third-order valence-electron chi connectivity index (χ3n) is 4.59. The third kappa shape index (κ3) is 3.63. The highest BCUT2D eigenvalue weighted by atomic mass is 35.5. The van der Waals surface area contributed by atoms with Crippen molar-refractivity contribution in [2.24, 2.45) is 5.92 Å². The Morgan fingerprint density at radius 1 is 1.14 bits per heavy atom. The lowest BCUT2D eigenvalue weighted by Crippen LogP contribution is -2.30. The van der Waals surface area contributed by atoms with Crippen LogP contribution >= 0.6 is 11.6 Å². The zero-order valence-electron chi connectivity index (χ0n) is 15.3. The van der Waals surface area contributed by atoms with Crippen molar-refractivity contribution >= 4 is 44.8 Å². The fraction of sp³-hybridized carbons (Fsp3) is 0.263. The Balaban J connectivity index is 1.57. The lowest BCUT2D eigenvalue weighted by atomic mass is 10.1. The molecule has 8 nitrogen and oxygen atoms in total. The first-order valence-corrected chi connectivity index (χ1v) is 10.8. The molecule has 29 heavy (non-hydrogen) atoms. The second kappa shape index (κ2) is 7.23. The second-order valence-electron chi connectivity index (χ2n) is 6.76. The van der Waals surface area contributed by atoms with Crippen molar-refractivity contribution in [3.8, 4) is 11.5 Å². The third-order valence-corrected chi connectivity index (χ3v) is 6.77. The van der Waals surface area contributed by atoms with Gasteiger partial charge in [0.05, 0.1) is 27.9 Å². The van der Waals surface area contributed by atoms with Crippen LogP contribution < -0.4 is 19.1 Å². The Labute approximate surface area is 172 Å². The fourth-order valence-electron chi connectivity index (χ4n) is 3.22. The van der Waals surface area contributed by atoms with Crippen LogP contribution in [0.4, 0.5) is 11.4 Å². The van der Waals surface area contributed by atoms with E-state index < -0.39 is 27.8 Å². The molecule has 10 heteroatoms. The number of fused-ring (bicyclic) bond motifs is 1. The predicted molar refractivity (Wildman–Crippen MR) is 107 cm³/mol. The molecular formula is C19H17ClN2O6S. The van der Waals surface area contributed by atoms with Gasteiger partial charge in [-0.3, -0.25) is 9.59 Å². The number of ether oxygens (including phenoxy) is 2. The summed E-state index contributed by atoms with van der Waals surface area (Å²) in [5.74, 6) is -0.756. The van der Waals surface area contributed by atoms with Crippen LogP contribution in [-0.4, -0.2) is 39.2 Å². The number of amides is 2. The second-order valence-corrected chi connectivity index (χ2v) is 9.03. The van der Waals surface area contributed by atoms with Crippen LogP contribution in [0.3, 0.4) is 0 Å². The molecule has 1 N–H and O–H groups in total.